The highest BCUT2D eigenvalue weighted by molar-refractivity contribution is 5.47. The van der Waals surface area contributed by atoms with Crippen LogP contribution in [0.1, 0.15) is 43.0 Å². The van der Waals surface area contributed by atoms with Crippen molar-refractivity contribution in [1.82, 2.24) is 0 Å². The summed E-state index contributed by atoms with van der Waals surface area (Å²) in [6.45, 7) is 11.9. The molecule has 0 bridgehead atoms. The molecular formula is C19H25N. The molecule has 2 aromatic carbocycles. The predicted octanol–water partition coefficient (Wildman–Crippen LogP) is 5.21. The van der Waals surface area contributed by atoms with Gasteiger partial charge in [-0.2, -0.15) is 0 Å². The molecule has 1 heteroatoms. The van der Waals surface area contributed by atoms with Gasteiger partial charge >= 0.3 is 0 Å². The highest BCUT2D eigenvalue weighted by Gasteiger charge is 2.12. The van der Waals surface area contributed by atoms with Crippen LogP contribution in [0, 0.1) is 13.8 Å². The minimum Gasteiger partial charge on any atom is -0.381 e. The van der Waals surface area contributed by atoms with Gasteiger partial charge in [-0.3, -0.25) is 0 Å². The van der Waals surface area contributed by atoms with E-state index < -0.39 is 0 Å². The molecule has 0 saturated carbocycles. The Bertz CT molecular complexity index is 574. The SMILES string of the molecule is Cc1ccc(CNc2ccc(C(C)(C)C)cc2)c(C)c1. The molecule has 0 aliphatic heterocycles. The van der Waals surface area contributed by atoms with E-state index in [0.717, 1.165) is 6.54 Å². The van der Waals surface area contributed by atoms with Crippen LogP contribution < -0.4 is 5.32 Å². The maximum absolute atomic E-state index is 3.50. The Morgan fingerprint density at radius 2 is 1.55 bits per heavy atom. The number of anilines is 1. The number of nitrogens with one attached hydrogen (secondary N) is 1. The second kappa shape index (κ2) is 5.70. The lowest BCUT2D eigenvalue weighted by molar-refractivity contribution is 0.590. The molecule has 1 N–H and O–H groups in total. The molecule has 20 heavy (non-hydrogen) atoms. The average molecular weight is 267 g/mol. The number of aryl methyl sites for hydroxylation is 2. The lowest BCUT2D eigenvalue weighted by atomic mass is 9.87. The van der Waals surface area contributed by atoms with E-state index in [-0.39, 0.29) is 5.41 Å². The second-order valence-corrected chi connectivity index (χ2v) is 6.61. The standard InChI is InChI=1S/C19H25N/c1-14-6-7-16(15(2)12-14)13-20-18-10-8-17(9-11-18)19(3,4)5/h6-12,20H,13H2,1-5H3. The van der Waals surface area contributed by atoms with Crippen molar-refractivity contribution in [3.63, 3.8) is 0 Å². The van der Waals surface area contributed by atoms with Gasteiger partial charge in [-0.15, -0.1) is 0 Å². The zero-order chi connectivity index (χ0) is 14.8. The summed E-state index contributed by atoms with van der Waals surface area (Å²) in [7, 11) is 0. The van der Waals surface area contributed by atoms with Crippen LogP contribution in [0.3, 0.4) is 0 Å². The lowest BCUT2D eigenvalue weighted by Crippen LogP contribution is -2.10. The van der Waals surface area contributed by atoms with Crippen molar-refractivity contribution >= 4 is 5.69 Å². The molecule has 0 saturated heterocycles. The van der Waals surface area contributed by atoms with E-state index in [0.29, 0.717) is 0 Å². The van der Waals surface area contributed by atoms with E-state index in [1.165, 1.54) is 27.9 Å². The second-order valence-electron chi connectivity index (χ2n) is 6.61. The maximum atomic E-state index is 3.50. The molecule has 2 rings (SSSR count). The predicted molar refractivity (Wildman–Crippen MR) is 88.4 cm³/mol. The van der Waals surface area contributed by atoms with Crippen LogP contribution in [0.2, 0.25) is 0 Å². The highest BCUT2D eigenvalue weighted by Crippen LogP contribution is 2.23. The lowest BCUT2D eigenvalue weighted by Gasteiger charge is -2.19. The van der Waals surface area contributed by atoms with Crippen LogP contribution in [0.25, 0.3) is 0 Å². The molecule has 0 radical (unpaired) electrons. The zero-order valence-electron chi connectivity index (χ0n) is 13.2. The summed E-state index contributed by atoms with van der Waals surface area (Å²) in [5, 5.41) is 3.50. The Morgan fingerprint density at radius 1 is 0.900 bits per heavy atom. The van der Waals surface area contributed by atoms with E-state index in [1.54, 1.807) is 0 Å². The molecule has 0 spiro atoms. The van der Waals surface area contributed by atoms with Crippen molar-refractivity contribution in [2.45, 2.75) is 46.6 Å². The number of hydrogen-bond donors (Lipinski definition) is 1. The third kappa shape index (κ3) is 3.63. The van der Waals surface area contributed by atoms with Crippen molar-refractivity contribution in [2.24, 2.45) is 0 Å². The van der Waals surface area contributed by atoms with Crippen LogP contribution in [-0.4, -0.2) is 0 Å². The molecule has 106 valence electrons. The molecule has 0 aromatic heterocycles. The molecule has 0 atom stereocenters. The molecular weight excluding hydrogens is 242 g/mol. The highest BCUT2D eigenvalue weighted by atomic mass is 14.9. The normalized spacial score (nSPS) is 11.4. The van der Waals surface area contributed by atoms with E-state index in [1.807, 2.05) is 0 Å². The van der Waals surface area contributed by atoms with Crippen molar-refractivity contribution < 1.29 is 0 Å². The van der Waals surface area contributed by atoms with E-state index in [4.69, 9.17) is 0 Å². The number of hydrogen-bond acceptors (Lipinski definition) is 1. The molecule has 0 amide bonds. The molecule has 0 unspecified atom stereocenters. The first-order valence-electron chi connectivity index (χ1n) is 7.27. The summed E-state index contributed by atoms with van der Waals surface area (Å²) in [4.78, 5) is 0. The minimum atomic E-state index is 0.214. The van der Waals surface area contributed by atoms with Gasteiger partial charge in [0.25, 0.3) is 0 Å². The molecule has 2 aromatic rings. The molecule has 0 aliphatic carbocycles. The molecule has 0 fully saturated rings. The van der Waals surface area contributed by atoms with Crippen molar-refractivity contribution in [2.75, 3.05) is 5.32 Å². The summed E-state index contributed by atoms with van der Waals surface area (Å²) < 4.78 is 0. The minimum absolute atomic E-state index is 0.214. The largest absolute Gasteiger partial charge is 0.381 e. The first kappa shape index (κ1) is 14.6. The summed E-state index contributed by atoms with van der Waals surface area (Å²) in [6.07, 6.45) is 0. The Hall–Kier alpha value is -1.76. The van der Waals surface area contributed by atoms with Crippen LogP contribution in [-0.2, 0) is 12.0 Å². The maximum Gasteiger partial charge on any atom is 0.0403 e. The smallest absolute Gasteiger partial charge is 0.0403 e. The topological polar surface area (TPSA) is 12.0 Å². The van der Waals surface area contributed by atoms with E-state index in [9.17, 15) is 0 Å². The van der Waals surface area contributed by atoms with Gasteiger partial charge in [-0.25, -0.2) is 0 Å². The van der Waals surface area contributed by atoms with E-state index >= 15 is 0 Å². The van der Waals surface area contributed by atoms with Crippen molar-refractivity contribution in [3.8, 4) is 0 Å². The fraction of sp³-hybridized carbons (Fsp3) is 0.368. The Labute approximate surface area is 123 Å². The summed E-state index contributed by atoms with van der Waals surface area (Å²) in [6, 6.07) is 15.4. The van der Waals surface area contributed by atoms with Crippen molar-refractivity contribution in [1.29, 1.82) is 0 Å². The molecule has 0 aliphatic rings. The first-order valence-corrected chi connectivity index (χ1v) is 7.27. The Morgan fingerprint density at radius 3 is 2.10 bits per heavy atom. The van der Waals surface area contributed by atoms with Gasteiger partial charge in [0, 0.05) is 12.2 Å². The quantitative estimate of drug-likeness (QED) is 0.804. The monoisotopic (exact) mass is 267 g/mol. The number of benzene rings is 2. The third-order valence-corrected chi connectivity index (χ3v) is 3.73. The van der Waals surface area contributed by atoms with Crippen LogP contribution in [0.5, 0.6) is 0 Å². The van der Waals surface area contributed by atoms with Gasteiger partial charge in [-0.05, 0) is 48.1 Å². The summed E-state index contributed by atoms with van der Waals surface area (Å²) >= 11 is 0. The van der Waals surface area contributed by atoms with Crippen LogP contribution in [0.4, 0.5) is 5.69 Å². The fourth-order valence-electron chi connectivity index (χ4n) is 2.33. The summed E-state index contributed by atoms with van der Waals surface area (Å²) in [5.74, 6) is 0. The van der Waals surface area contributed by atoms with Gasteiger partial charge in [-0.1, -0.05) is 56.7 Å². The Kier molecular flexibility index (Phi) is 4.17. The van der Waals surface area contributed by atoms with Crippen LogP contribution >= 0.6 is 0 Å². The van der Waals surface area contributed by atoms with Crippen molar-refractivity contribution in [3.05, 3.63) is 64.7 Å². The van der Waals surface area contributed by atoms with Gasteiger partial charge in [0.15, 0.2) is 0 Å². The number of rotatable bonds is 3. The molecule has 0 heterocycles. The Balaban J connectivity index is 2.04. The molecule has 1 nitrogen and oxygen atoms in total. The average Bonchev–Trinajstić information content (AvgIpc) is 2.37. The summed E-state index contributed by atoms with van der Waals surface area (Å²) in [5.41, 5.74) is 6.79. The van der Waals surface area contributed by atoms with Gasteiger partial charge in [0.05, 0.1) is 0 Å². The zero-order valence-corrected chi connectivity index (χ0v) is 13.2. The fourth-order valence-corrected chi connectivity index (χ4v) is 2.33. The van der Waals surface area contributed by atoms with E-state index in [2.05, 4.69) is 82.4 Å². The van der Waals surface area contributed by atoms with Crippen LogP contribution in [0.15, 0.2) is 42.5 Å². The first-order chi connectivity index (χ1) is 9.36. The van der Waals surface area contributed by atoms with Gasteiger partial charge in [0.2, 0.25) is 0 Å². The third-order valence-electron chi connectivity index (χ3n) is 3.73. The van der Waals surface area contributed by atoms with Gasteiger partial charge < -0.3 is 5.32 Å². The van der Waals surface area contributed by atoms with Gasteiger partial charge in [0.1, 0.15) is 0 Å².